The molecule has 3 heteroatoms. The SMILES string of the molecule is C1=CCC2Oc3c(cc4oc5ccccc5c4c3N(c3ccccc3)c3ccccc3)C2=C1. The molecule has 7 rings (SSSR count). The molecule has 4 aromatic carbocycles. The normalized spacial score (nSPS) is 16.4. The van der Waals surface area contributed by atoms with Gasteiger partial charge in [0.25, 0.3) is 0 Å². The molecule has 1 aromatic heterocycles. The van der Waals surface area contributed by atoms with Crippen molar-refractivity contribution < 1.29 is 9.15 Å². The molecule has 0 spiro atoms. The van der Waals surface area contributed by atoms with Crippen LogP contribution >= 0.6 is 0 Å². The summed E-state index contributed by atoms with van der Waals surface area (Å²) in [5.41, 5.74) is 7.28. The van der Waals surface area contributed by atoms with Gasteiger partial charge in [0, 0.05) is 34.3 Å². The fourth-order valence-electron chi connectivity index (χ4n) is 5.08. The molecule has 1 unspecified atom stereocenters. The first-order valence-corrected chi connectivity index (χ1v) is 11.3. The Bertz CT molecular complexity index is 1520. The van der Waals surface area contributed by atoms with E-state index in [0.717, 1.165) is 56.7 Å². The molecule has 2 heterocycles. The van der Waals surface area contributed by atoms with Gasteiger partial charge in [-0.15, -0.1) is 0 Å². The van der Waals surface area contributed by atoms with Crippen LogP contribution in [-0.4, -0.2) is 6.10 Å². The van der Waals surface area contributed by atoms with Crippen molar-refractivity contribution in [3.05, 3.63) is 115 Å². The third kappa shape index (κ3) is 2.76. The lowest BCUT2D eigenvalue weighted by atomic mass is 9.95. The molecule has 33 heavy (non-hydrogen) atoms. The van der Waals surface area contributed by atoms with Crippen LogP contribution in [0.3, 0.4) is 0 Å². The fraction of sp³-hybridized carbons (Fsp3) is 0.0667. The highest BCUT2D eigenvalue weighted by molar-refractivity contribution is 6.16. The van der Waals surface area contributed by atoms with E-state index in [1.54, 1.807) is 0 Å². The number of rotatable bonds is 3. The van der Waals surface area contributed by atoms with Crippen LogP contribution in [0.25, 0.3) is 27.5 Å². The van der Waals surface area contributed by atoms with Gasteiger partial charge in [-0.05, 0) is 36.4 Å². The second-order valence-corrected chi connectivity index (χ2v) is 8.47. The number of fused-ring (bicyclic) bond motifs is 6. The first-order valence-electron chi connectivity index (χ1n) is 11.3. The Morgan fingerprint density at radius 3 is 2.21 bits per heavy atom. The smallest absolute Gasteiger partial charge is 0.152 e. The van der Waals surface area contributed by atoms with Gasteiger partial charge in [0.15, 0.2) is 5.75 Å². The standard InChI is InChI=1S/C30H21NO2/c1-3-11-20(12-4-1)31(21-13-5-2-6-14-21)29-28-23-16-8-10-18-26(23)32-27(28)19-24-22-15-7-9-17-25(22)33-30(24)29/h1-16,18-19,25H,17H2. The second kappa shape index (κ2) is 7.14. The van der Waals surface area contributed by atoms with Gasteiger partial charge < -0.3 is 14.1 Å². The average Bonchev–Trinajstić information content (AvgIpc) is 3.43. The van der Waals surface area contributed by atoms with Crippen molar-refractivity contribution in [1.29, 1.82) is 0 Å². The van der Waals surface area contributed by atoms with Crippen molar-refractivity contribution >= 4 is 44.6 Å². The molecule has 158 valence electrons. The molecule has 2 aliphatic rings. The summed E-state index contributed by atoms with van der Waals surface area (Å²) in [6, 6.07) is 31.4. The number of furan rings is 1. The van der Waals surface area contributed by atoms with E-state index in [4.69, 9.17) is 9.15 Å². The van der Waals surface area contributed by atoms with E-state index in [9.17, 15) is 0 Å². The van der Waals surface area contributed by atoms with Crippen LogP contribution in [0.15, 0.2) is 114 Å². The number of benzene rings is 4. The maximum absolute atomic E-state index is 6.69. The Hall–Kier alpha value is -4.24. The Morgan fingerprint density at radius 2 is 1.45 bits per heavy atom. The predicted molar refractivity (Wildman–Crippen MR) is 135 cm³/mol. The molecule has 0 bridgehead atoms. The average molecular weight is 428 g/mol. The summed E-state index contributed by atoms with van der Waals surface area (Å²) >= 11 is 0. The van der Waals surface area contributed by atoms with E-state index in [1.165, 1.54) is 5.57 Å². The van der Waals surface area contributed by atoms with Crippen LogP contribution in [0.4, 0.5) is 17.1 Å². The summed E-state index contributed by atoms with van der Waals surface area (Å²) in [6.07, 6.45) is 7.38. The van der Waals surface area contributed by atoms with E-state index in [-0.39, 0.29) is 6.10 Å². The van der Waals surface area contributed by atoms with E-state index >= 15 is 0 Å². The molecule has 5 aromatic rings. The van der Waals surface area contributed by atoms with E-state index in [1.807, 2.05) is 24.3 Å². The molecule has 1 aliphatic carbocycles. The number of allylic oxidation sites excluding steroid dienone is 2. The largest absolute Gasteiger partial charge is 0.483 e. The van der Waals surface area contributed by atoms with Crippen LogP contribution in [0.2, 0.25) is 0 Å². The number of hydrogen-bond acceptors (Lipinski definition) is 3. The monoisotopic (exact) mass is 427 g/mol. The molecule has 3 nitrogen and oxygen atoms in total. The van der Waals surface area contributed by atoms with E-state index in [0.29, 0.717) is 0 Å². The lowest BCUT2D eigenvalue weighted by Crippen LogP contribution is -2.14. The number of para-hydroxylation sites is 3. The highest BCUT2D eigenvalue weighted by Crippen LogP contribution is 2.54. The van der Waals surface area contributed by atoms with Gasteiger partial charge in [-0.3, -0.25) is 0 Å². The lowest BCUT2D eigenvalue weighted by Gasteiger charge is -2.28. The van der Waals surface area contributed by atoms with Crippen molar-refractivity contribution in [3.8, 4) is 5.75 Å². The quantitative estimate of drug-likeness (QED) is 0.290. The summed E-state index contributed by atoms with van der Waals surface area (Å²) in [4.78, 5) is 2.30. The van der Waals surface area contributed by atoms with Crippen molar-refractivity contribution in [2.75, 3.05) is 4.90 Å². The predicted octanol–water partition coefficient (Wildman–Crippen LogP) is 8.16. The lowest BCUT2D eigenvalue weighted by molar-refractivity contribution is 0.280. The second-order valence-electron chi connectivity index (χ2n) is 8.47. The highest BCUT2D eigenvalue weighted by atomic mass is 16.5. The zero-order valence-corrected chi connectivity index (χ0v) is 17.9. The number of anilines is 3. The van der Waals surface area contributed by atoms with Crippen molar-refractivity contribution in [2.24, 2.45) is 0 Å². The molecule has 0 amide bonds. The topological polar surface area (TPSA) is 25.6 Å². The van der Waals surface area contributed by atoms with Crippen LogP contribution in [0.5, 0.6) is 5.75 Å². The number of ether oxygens (including phenoxy) is 1. The molecule has 0 saturated carbocycles. The zero-order valence-electron chi connectivity index (χ0n) is 17.9. The van der Waals surface area contributed by atoms with Gasteiger partial charge in [0.2, 0.25) is 0 Å². The van der Waals surface area contributed by atoms with E-state index < -0.39 is 0 Å². The molecular formula is C30H21NO2. The van der Waals surface area contributed by atoms with Gasteiger partial charge in [-0.2, -0.15) is 0 Å². The van der Waals surface area contributed by atoms with Crippen LogP contribution < -0.4 is 9.64 Å². The Labute approximate surface area is 191 Å². The molecule has 0 saturated heterocycles. The van der Waals surface area contributed by atoms with Gasteiger partial charge in [0.05, 0.1) is 5.39 Å². The fourth-order valence-corrected chi connectivity index (χ4v) is 5.08. The zero-order chi connectivity index (χ0) is 21.8. The summed E-state index contributed by atoms with van der Waals surface area (Å²) in [7, 11) is 0. The molecule has 1 atom stereocenters. The van der Waals surface area contributed by atoms with Gasteiger partial charge in [-0.1, -0.05) is 72.8 Å². The third-order valence-corrected chi connectivity index (χ3v) is 6.53. The van der Waals surface area contributed by atoms with Crippen molar-refractivity contribution in [1.82, 2.24) is 0 Å². The minimum atomic E-state index is 0.0370. The Kier molecular flexibility index (Phi) is 3.97. The first-order chi connectivity index (χ1) is 16.4. The molecule has 0 N–H and O–H groups in total. The first kappa shape index (κ1) is 18.3. The molecule has 1 aliphatic heterocycles. The molecular weight excluding hydrogens is 406 g/mol. The maximum atomic E-state index is 6.69. The highest BCUT2D eigenvalue weighted by Gasteiger charge is 2.35. The van der Waals surface area contributed by atoms with Gasteiger partial charge in [0.1, 0.15) is 23.0 Å². The summed E-state index contributed by atoms with van der Waals surface area (Å²) in [5, 5.41) is 2.16. The van der Waals surface area contributed by atoms with Crippen LogP contribution in [0, 0.1) is 0 Å². The van der Waals surface area contributed by atoms with Gasteiger partial charge in [-0.25, -0.2) is 0 Å². The summed E-state index contributed by atoms with van der Waals surface area (Å²) in [5.74, 6) is 0.918. The number of hydrogen-bond donors (Lipinski definition) is 0. The molecule has 0 radical (unpaired) electrons. The van der Waals surface area contributed by atoms with Crippen LogP contribution in [0.1, 0.15) is 12.0 Å². The van der Waals surface area contributed by atoms with Crippen LogP contribution in [-0.2, 0) is 0 Å². The summed E-state index contributed by atoms with van der Waals surface area (Å²) < 4.78 is 13.1. The Morgan fingerprint density at radius 1 is 0.758 bits per heavy atom. The Balaban J connectivity index is 1.63. The number of nitrogens with zero attached hydrogens (tertiary/aromatic N) is 1. The summed E-state index contributed by atoms with van der Waals surface area (Å²) in [6.45, 7) is 0. The maximum Gasteiger partial charge on any atom is 0.152 e. The van der Waals surface area contributed by atoms with Crippen molar-refractivity contribution in [3.63, 3.8) is 0 Å². The minimum absolute atomic E-state index is 0.0370. The molecule has 0 fully saturated rings. The third-order valence-electron chi connectivity index (χ3n) is 6.53. The minimum Gasteiger partial charge on any atom is -0.483 e. The van der Waals surface area contributed by atoms with E-state index in [2.05, 4.69) is 89.9 Å². The van der Waals surface area contributed by atoms with Gasteiger partial charge >= 0.3 is 0 Å². The van der Waals surface area contributed by atoms with Crippen molar-refractivity contribution in [2.45, 2.75) is 12.5 Å².